The number of likely N-dealkylation sites (tertiary alicyclic amines) is 1. The number of nitrogens with zero attached hydrogens (tertiary/aromatic N) is 1. The highest BCUT2D eigenvalue weighted by atomic mass is 16.5. The van der Waals surface area contributed by atoms with Crippen LogP contribution in [-0.4, -0.2) is 42.3 Å². The van der Waals surface area contributed by atoms with Crippen LogP contribution in [0.2, 0.25) is 0 Å². The van der Waals surface area contributed by atoms with E-state index in [-0.39, 0.29) is 11.6 Å². The highest BCUT2D eigenvalue weighted by Crippen LogP contribution is 2.39. The van der Waals surface area contributed by atoms with Crippen molar-refractivity contribution >= 4 is 6.03 Å². The molecule has 4 rings (SSSR count). The average molecular weight is 306 g/mol. The molecule has 4 fully saturated rings. The van der Waals surface area contributed by atoms with E-state index in [9.17, 15) is 4.79 Å². The number of carbonyl (C=O) groups is 1. The van der Waals surface area contributed by atoms with E-state index < -0.39 is 0 Å². The van der Waals surface area contributed by atoms with Crippen LogP contribution in [0.3, 0.4) is 0 Å². The molecule has 3 atom stereocenters. The van der Waals surface area contributed by atoms with Gasteiger partial charge < -0.3 is 15.0 Å². The Morgan fingerprint density at radius 3 is 2.45 bits per heavy atom. The third-order valence-corrected chi connectivity index (χ3v) is 6.60. The van der Waals surface area contributed by atoms with E-state index in [4.69, 9.17) is 4.74 Å². The molecule has 4 nitrogen and oxygen atoms in total. The fraction of sp³-hybridized carbons (Fsp3) is 0.944. The van der Waals surface area contributed by atoms with Crippen molar-refractivity contribution in [2.75, 3.05) is 19.7 Å². The van der Waals surface area contributed by atoms with Crippen LogP contribution < -0.4 is 5.32 Å². The third kappa shape index (κ3) is 2.86. The van der Waals surface area contributed by atoms with Crippen LogP contribution in [0.15, 0.2) is 0 Å². The molecular weight excluding hydrogens is 276 g/mol. The first-order valence-corrected chi connectivity index (χ1v) is 9.44. The maximum absolute atomic E-state index is 12.6. The molecule has 0 bridgehead atoms. The van der Waals surface area contributed by atoms with E-state index in [0.717, 1.165) is 44.4 Å². The summed E-state index contributed by atoms with van der Waals surface area (Å²) in [7, 11) is 0. The lowest BCUT2D eigenvalue weighted by Crippen LogP contribution is -2.52. The van der Waals surface area contributed by atoms with Gasteiger partial charge in [-0.3, -0.25) is 0 Å². The van der Waals surface area contributed by atoms with Gasteiger partial charge in [0.15, 0.2) is 0 Å². The lowest BCUT2D eigenvalue weighted by molar-refractivity contribution is -0.108. The molecule has 22 heavy (non-hydrogen) atoms. The summed E-state index contributed by atoms with van der Waals surface area (Å²) in [6.45, 7) is 2.80. The van der Waals surface area contributed by atoms with Gasteiger partial charge >= 0.3 is 6.03 Å². The first kappa shape index (κ1) is 14.8. The summed E-state index contributed by atoms with van der Waals surface area (Å²) in [6, 6.07) is 0.507. The van der Waals surface area contributed by atoms with E-state index in [2.05, 4.69) is 10.2 Å². The monoisotopic (exact) mass is 306 g/mol. The Morgan fingerprint density at radius 2 is 1.73 bits per heavy atom. The van der Waals surface area contributed by atoms with Crippen molar-refractivity contribution in [3.8, 4) is 0 Å². The van der Waals surface area contributed by atoms with Gasteiger partial charge in [0.1, 0.15) is 0 Å². The molecule has 4 aliphatic rings. The highest BCUT2D eigenvalue weighted by Gasteiger charge is 2.41. The van der Waals surface area contributed by atoms with Crippen LogP contribution >= 0.6 is 0 Å². The number of carbonyl (C=O) groups excluding carboxylic acids is 1. The number of fused-ring (bicyclic) bond motifs is 1. The number of hydrogen-bond acceptors (Lipinski definition) is 2. The van der Waals surface area contributed by atoms with Gasteiger partial charge in [-0.25, -0.2) is 4.79 Å². The molecule has 0 radical (unpaired) electrons. The van der Waals surface area contributed by atoms with Gasteiger partial charge in [0.05, 0.1) is 5.60 Å². The second-order valence-electron chi connectivity index (χ2n) is 8.09. The topological polar surface area (TPSA) is 41.6 Å². The molecule has 2 saturated carbocycles. The zero-order valence-electron chi connectivity index (χ0n) is 13.7. The Bertz CT molecular complexity index is 402. The van der Waals surface area contributed by atoms with E-state index in [1.54, 1.807) is 0 Å². The Kier molecular flexibility index (Phi) is 4.05. The predicted molar refractivity (Wildman–Crippen MR) is 85.7 cm³/mol. The number of nitrogens with one attached hydrogen (secondary N) is 1. The smallest absolute Gasteiger partial charge is 0.317 e. The van der Waals surface area contributed by atoms with E-state index in [1.807, 2.05) is 0 Å². The van der Waals surface area contributed by atoms with Crippen LogP contribution in [0.25, 0.3) is 0 Å². The summed E-state index contributed by atoms with van der Waals surface area (Å²) < 4.78 is 6.14. The van der Waals surface area contributed by atoms with Crippen LogP contribution in [0.5, 0.6) is 0 Å². The maximum atomic E-state index is 12.6. The van der Waals surface area contributed by atoms with Crippen molar-refractivity contribution in [3.63, 3.8) is 0 Å². The Morgan fingerprint density at radius 1 is 1.00 bits per heavy atom. The summed E-state index contributed by atoms with van der Waals surface area (Å²) in [5.74, 6) is 1.57. The summed E-state index contributed by atoms with van der Waals surface area (Å²) >= 11 is 0. The normalized spacial score (nSPS) is 37.3. The standard InChI is InChI=1S/C18H30N2O2/c21-17(20-12-14-5-4-6-15(14)13-20)19-16-7-10-22-18(11-16)8-2-1-3-9-18/h14-16H,1-13H2,(H,19,21)/t14-,15-,16-/m1/s1. The fourth-order valence-corrected chi connectivity index (χ4v) is 5.36. The first-order chi connectivity index (χ1) is 10.7. The van der Waals surface area contributed by atoms with Gasteiger partial charge in [0.25, 0.3) is 0 Å². The number of ether oxygens (including phenoxy) is 1. The Balaban J connectivity index is 1.32. The molecule has 0 aromatic rings. The summed E-state index contributed by atoms with van der Waals surface area (Å²) in [6.07, 6.45) is 12.3. The largest absolute Gasteiger partial charge is 0.375 e. The third-order valence-electron chi connectivity index (χ3n) is 6.60. The molecule has 1 spiro atoms. The minimum absolute atomic E-state index is 0.0793. The van der Waals surface area contributed by atoms with Crippen LogP contribution in [0, 0.1) is 11.8 Å². The summed E-state index contributed by atoms with van der Waals surface area (Å²) in [5, 5.41) is 3.33. The SMILES string of the molecule is O=C(N[C@@H]1CCOC2(CCCCC2)C1)N1C[C@H]2CCC[C@@H]2C1. The molecule has 1 N–H and O–H groups in total. The van der Waals surface area contributed by atoms with Gasteiger partial charge in [0.2, 0.25) is 0 Å². The maximum Gasteiger partial charge on any atom is 0.317 e. The molecule has 124 valence electrons. The van der Waals surface area contributed by atoms with Gasteiger partial charge in [0, 0.05) is 25.7 Å². The van der Waals surface area contributed by atoms with E-state index >= 15 is 0 Å². The molecule has 0 aromatic carbocycles. The Hall–Kier alpha value is -0.770. The molecule has 2 heterocycles. The summed E-state index contributed by atoms with van der Waals surface area (Å²) in [4.78, 5) is 14.7. The van der Waals surface area contributed by atoms with Gasteiger partial charge in [-0.15, -0.1) is 0 Å². The number of rotatable bonds is 1. The van der Waals surface area contributed by atoms with Crippen LogP contribution in [-0.2, 0) is 4.74 Å². The highest BCUT2D eigenvalue weighted by molar-refractivity contribution is 5.75. The van der Waals surface area contributed by atoms with E-state index in [1.165, 1.54) is 51.4 Å². The summed E-state index contributed by atoms with van der Waals surface area (Å²) in [5.41, 5.74) is 0.0793. The van der Waals surface area contributed by atoms with Crippen LogP contribution in [0.1, 0.15) is 64.2 Å². The molecule has 2 aliphatic carbocycles. The Labute approximate surface area is 134 Å². The second kappa shape index (κ2) is 6.03. The fourth-order valence-electron chi connectivity index (χ4n) is 5.36. The molecule has 4 heteroatoms. The average Bonchev–Trinajstić information content (AvgIpc) is 3.09. The van der Waals surface area contributed by atoms with Crippen molar-refractivity contribution < 1.29 is 9.53 Å². The molecular formula is C18H30N2O2. The van der Waals surface area contributed by atoms with Gasteiger partial charge in [-0.2, -0.15) is 0 Å². The minimum atomic E-state index is 0.0793. The molecule has 2 aliphatic heterocycles. The van der Waals surface area contributed by atoms with Gasteiger partial charge in [-0.1, -0.05) is 25.7 Å². The quantitative estimate of drug-likeness (QED) is 0.807. The van der Waals surface area contributed by atoms with Crippen molar-refractivity contribution in [2.24, 2.45) is 11.8 Å². The van der Waals surface area contributed by atoms with Crippen molar-refractivity contribution in [1.29, 1.82) is 0 Å². The first-order valence-electron chi connectivity index (χ1n) is 9.44. The molecule has 2 amide bonds. The van der Waals surface area contributed by atoms with Gasteiger partial charge in [-0.05, 0) is 50.4 Å². The number of urea groups is 1. The zero-order chi connectivity index (χ0) is 15.0. The van der Waals surface area contributed by atoms with E-state index in [0.29, 0.717) is 6.04 Å². The number of amides is 2. The van der Waals surface area contributed by atoms with Crippen molar-refractivity contribution in [1.82, 2.24) is 10.2 Å². The zero-order valence-corrected chi connectivity index (χ0v) is 13.7. The molecule has 0 unspecified atom stereocenters. The predicted octanol–water partition coefficient (Wildman–Crippen LogP) is 3.31. The lowest BCUT2D eigenvalue weighted by Gasteiger charge is -2.43. The van der Waals surface area contributed by atoms with Crippen molar-refractivity contribution in [3.05, 3.63) is 0 Å². The van der Waals surface area contributed by atoms with Crippen molar-refractivity contribution in [2.45, 2.75) is 75.9 Å². The second-order valence-corrected chi connectivity index (χ2v) is 8.09. The molecule has 0 aromatic heterocycles. The molecule has 2 saturated heterocycles. The minimum Gasteiger partial charge on any atom is -0.375 e. The number of hydrogen-bond donors (Lipinski definition) is 1. The van der Waals surface area contributed by atoms with Crippen LogP contribution in [0.4, 0.5) is 4.79 Å². The lowest BCUT2D eigenvalue weighted by atomic mass is 9.78.